The van der Waals surface area contributed by atoms with Gasteiger partial charge in [0.2, 0.25) is 0 Å². The molecule has 0 amide bonds. The van der Waals surface area contributed by atoms with Crippen LogP contribution in [0.15, 0.2) is 6.07 Å². The molecule has 11 heavy (non-hydrogen) atoms. The summed E-state index contributed by atoms with van der Waals surface area (Å²) in [5, 5.41) is 0.621. The molecule has 0 saturated heterocycles. The van der Waals surface area contributed by atoms with Crippen molar-refractivity contribution in [3.05, 3.63) is 20.8 Å². The van der Waals surface area contributed by atoms with Crippen molar-refractivity contribution in [3.8, 4) is 0 Å². The fraction of sp³-hybridized carbons (Fsp3) is 0.286. The molecule has 0 N–H and O–H groups in total. The van der Waals surface area contributed by atoms with Gasteiger partial charge in [-0.2, -0.15) is 0 Å². The van der Waals surface area contributed by atoms with Crippen molar-refractivity contribution in [1.29, 1.82) is 0 Å². The van der Waals surface area contributed by atoms with Crippen LogP contribution in [0.3, 0.4) is 0 Å². The standard InChI is InChI=1S/C7H7ClO2S/c1-4-5(8)3-6(11-4)7(9)10-2/h3H,1-2H3. The molecule has 0 aromatic carbocycles. The van der Waals surface area contributed by atoms with Gasteiger partial charge in [0.25, 0.3) is 0 Å². The Morgan fingerprint density at radius 1 is 1.73 bits per heavy atom. The van der Waals surface area contributed by atoms with Crippen molar-refractivity contribution in [2.24, 2.45) is 0 Å². The third-order valence-corrected chi connectivity index (χ3v) is 2.78. The number of aryl methyl sites for hydroxylation is 1. The molecule has 0 radical (unpaired) electrons. The van der Waals surface area contributed by atoms with Gasteiger partial charge < -0.3 is 4.74 Å². The van der Waals surface area contributed by atoms with Crippen LogP contribution in [0.1, 0.15) is 14.5 Å². The number of hydrogen-bond acceptors (Lipinski definition) is 3. The fourth-order valence-electron chi connectivity index (χ4n) is 0.661. The lowest BCUT2D eigenvalue weighted by Crippen LogP contribution is -1.96. The van der Waals surface area contributed by atoms with Crippen LogP contribution < -0.4 is 0 Å². The number of hydrogen-bond donors (Lipinski definition) is 0. The topological polar surface area (TPSA) is 26.3 Å². The molecule has 4 heteroatoms. The average molecular weight is 191 g/mol. The molecular weight excluding hydrogens is 184 g/mol. The Kier molecular flexibility index (Phi) is 2.52. The molecule has 1 rings (SSSR count). The van der Waals surface area contributed by atoms with Crippen molar-refractivity contribution in [2.75, 3.05) is 7.11 Å². The zero-order valence-electron chi connectivity index (χ0n) is 6.18. The maximum Gasteiger partial charge on any atom is 0.348 e. The van der Waals surface area contributed by atoms with Gasteiger partial charge in [-0.1, -0.05) is 11.6 Å². The number of methoxy groups -OCH3 is 1. The second-order valence-corrected chi connectivity index (χ2v) is 3.67. The molecule has 2 nitrogen and oxygen atoms in total. The lowest BCUT2D eigenvalue weighted by molar-refractivity contribution is 0.0606. The maximum atomic E-state index is 10.9. The number of rotatable bonds is 1. The molecule has 0 spiro atoms. The van der Waals surface area contributed by atoms with Crippen molar-refractivity contribution in [3.63, 3.8) is 0 Å². The fourth-order valence-corrected chi connectivity index (χ4v) is 1.78. The van der Waals surface area contributed by atoms with Crippen molar-refractivity contribution in [1.82, 2.24) is 0 Å². The summed E-state index contributed by atoms with van der Waals surface area (Å²) in [6, 6.07) is 1.62. The number of halogens is 1. The second kappa shape index (κ2) is 3.24. The van der Waals surface area contributed by atoms with Gasteiger partial charge in [0.05, 0.1) is 12.1 Å². The number of carbonyl (C=O) groups is 1. The normalized spacial score (nSPS) is 9.73. The largest absolute Gasteiger partial charge is 0.465 e. The van der Waals surface area contributed by atoms with Crippen molar-refractivity contribution in [2.45, 2.75) is 6.92 Å². The van der Waals surface area contributed by atoms with Gasteiger partial charge in [-0.15, -0.1) is 11.3 Å². The Morgan fingerprint density at radius 3 is 2.73 bits per heavy atom. The average Bonchev–Trinajstić information content (AvgIpc) is 2.31. The van der Waals surface area contributed by atoms with Gasteiger partial charge in [-0.3, -0.25) is 0 Å². The van der Waals surface area contributed by atoms with E-state index >= 15 is 0 Å². The minimum absolute atomic E-state index is 0.329. The third kappa shape index (κ3) is 1.73. The quantitative estimate of drug-likeness (QED) is 0.636. The Morgan fingerprint density at radius 2 is 2.36 bits per heavy atom. The molecule has 60 valence electrons. The van der Waals surface area contributed by atoms with Gasteiger partial charge in [0, 0.05) is 4.88 Å². The smallest absolute Gasteiger partial charge is 0.348 e. The summed E-state index contributed by atoms with van der Waals surface area (Å²) in [5.74, 6) is -0.329. The summed E-state index contributed by atoms with van der Waals surface area (Å²) < 4.78 is 4.52. The third-order valence-electron chi connectivity index (χ3n) is 1.24. The van der Waals surface area contributed by atoms with Crippen LogP contribution in [-0.2, 0) is 4.74 Å². The summed E-state index contributed by atoms with van der Waals surface area (Å²) in [5.41, 5.74) is 0. The monoisotopic (exact) mass is 190 g/mol. The Balaban J connectivity index is 2.97. The summed E-state index contributed by atoms with van der Waals surface area (Å²) in [6.07, 6.45) is 0. The van der Waals surface area contributed by atoms with E-state index in [0.717, 1.165) is 4.88 Å². The molecule has 0 saturated carbocycles. The molecule has 0 aliphatic heterocycles. The first-order valence-electron chi connectivity index (χ1n) is 2.99. The molecule has 1 heterocycles. The van der Waals surface area contributed by atoms with Crippen LogP contribution in [0.25, 0.3) is 0 Å². The van der Waals surface area contributed by atoms with Gasteiger partial charge >= 0.3 is 5.97 Å². The van der Waals surface area contributed by atoms with Crippen LogP contribution in [0.4, 0.5) is 0 Å². The van der Waals surface area contributed by atoms with E-state index in [2.05, 4.69) is 4.74 Å². The van der Waals surface area contributed by atoms with Crippen LogP contribution in [0.2, 0.25) is 5.02 Å². The number of esters is 1. The lowest BCUT2D eigenvalue weighted by Gasteiger charge is -1.90. The molecule has 0 aliphatic carbocycles. The summed E-state index contributed by atoms with van der Waals surface area (Å²) in [6.45, 7) is 1.86. The molecule has 0 aliphatic rings. The Bertz CT molecular complexity index is 260. The zero-order valence-corrected chi connectivity index (χ0v) is 7.75. The van der Waals surface area contributed by atoms with E-state index in [1.807, 2.05) is 6.92 Å². The lowest BCUT2D eigenvalue weighted by atomic mass is 10.4. The number of ether oxygens (including phenoxy) is 1. The second-order valence-electron chi connectivity index (χ2n) is 2.01. The van der Waals surface area contributed by atoms with E-state index < -0.39 is 0 Å². The number of thiophene rings is 1. The number of carbonyl (C=O) groups excluding carboxylic acids is 1. The molecule has 0 unspecified atom stereocenters. The maximum absolute atomic E-state index is 10.9. The van der Waals surface area contributed by atoms with Gasteiger partial charge in [0.15, 0.2) is 0 Å². The SMILES string of the molecule is COC(=O)c1cc(Cl)c(C)s1. The summed E-state index contributed by atoms with van der Waals surface area (Å²) in [4.78, 5) is 12.4. The van der Waals surface area contributed by atoms with E-state index in [9.17, 15) is 4.79 Å². The highest BCUT2D eigenvalue weighted by atomic mass is 35.5. The molecule has 0 fully saturated rings. The first kappa shape index (κ1) is 8.56. The minimum Gasteiger partial charge on any atom is -0.465 e. The van der Waals surface area contributed by atoms with Crippen molar-refractivity contribution < 1.29 is 9.53 Å². The summed E-state index contributed by atoms with van der Waals surface area (Å²) in [7, 11) is 1.35. The zero-order chi connectivity index (χ0) is 8.43. The molecule has 1 aromatic heterocycles. The van der Waals surface area contributed by atoms with Gasteiger partial charge in [-0.25, -0.2) is 4.79 Å². The highest BCUT2D eigenvalue weighted by molar-refractivity contribution is 7.14. The van der Waals surface area contributed by atoms with E-state index in [1.54, 1.807) is 6.07 Å². The Hall–Kier alpha value is -0.540. The highest BCUT2D eigenvalue weighted by Crippen LogP contribution is 2.25. The van der Waals surface area contributed by atoms with E-state index in [4.69, 9.17) is 11.6 Å². The first-order chi connectivity index (χ1) is 5.15. The first-order valence-corrected chi connectivity index (χ1v) is 4.19. The van der Waals surface area contributed by atoms with E-state index in [-0.39, 0.29) is 5.97 Å². The Labute approximate surface area is 73.7 Å². The minimum atomic E-state index is -0.329. The van der Waals surface area contributed by atoms with Gasteiger partial charge in [0.1, 0.15) is 4.88 Å². The predicted octanol–water partition coefficient (Wildman–Crippen LogP) is 2.50. The molecular formula is C7H7ClO2S. The van der Waals surface area contributed by atoms with E-state index in [0.29, 0.717) is 9.90 Å². The highest BCUT2D eigenvalue weighted by Gasteiger charge is 2.10. The van der Waals surface area contributed by atoms with E-state index in [1.165, 1.54) is 18.4 Å². The van der Waals surface area contributed by atoms with Crippen molar-refractivity contribution >= 4 is 28.9 Å². The van der Waals surface area contributed by atoms with Crippen LogP contribution in [0, 0.1) is 6.92 Å². The molecule has 0 atom stereocenters. The predicted molar refractivity (Wildman–Crippen MR) is 45.4 cm³/mol. The van der Waals surface area contributed by atoms with Gasteiger partial charge in [-0.05, 0) is 13.0 Å². The molecule has 1 aromatic rings. The van der Waals surface area contributed by atoms with Crippen LogP contribution in [-0.4, -0.2) is 13.1 Å². The van der Waals surface area contributed by atoms with Crippen LogP contribution in [0.5, 0.6) is 0 Å². The summed E-state index contributed by atoms with van der Waals surface area (Å²) >= 11 is 7.07. The molecule has 0 bridgehead atoms. The van der Waals surface area contributed by atoms with Crippen LogP contribution >= 0.6 is 22.9 Å².